The van der Waals surface area contributed by atoms with Crippen molar-refractivity contribution in [2.45, 2.75) is 13.8 Å². The average molecular weight is 399 g/mol. The van der Waals surface area contributed by atoms with E-state index in [1.54, 1.807) is 6.07 Å². The molecule has 0 amide bonds. The molecule has 3 nitrogen and oxygen atoms in total. The van der Waals surface area contributed by atoms with E-state index in [-0.39, 0.29) is 0 Å². The van der Waals surface area contributed by atoms with Gasteiger partial charge in [0, 0.05) is 31.9 Å². The molecule has 2 N–H and O–H groups in total. The second kappa shape index (κ2) is 9.19. The minimum absolute atomic E-state index is 0.290. The van der Waals surface area contributed by atoms with Crippen LogP contribution in [0.3, 0.4) is 0 Å². The molecule has 3 aromatic rings. The number of hydrogen-bond acceptors (Lipinski definition) is 3. The van der Waals surface area contributed by atoms with Crippen molar-refractivity contribution in [3.05, 3.63) is 95.6 Å². The van der Waals surface area contributed by atoms with Gasteiger partial charge < -0.3 is 15.3 Å². The lowest BCUT2D eigenvalue weighted by atomic mass is 9.84. The molecule has 0 aliphatic carbocycles. The van der Waals surface area contributed by atoms with Crippen LogP contribution in [0.4, 0.5) is 5.69 Å². The van der Waals surface area contributed by atoms with Gasteiger partial charge in [-0.1, -0.05) is 68.4 Å². The van der Waals surface area contributed by atoms with Crippen LogP contribution in [0.15, 0.2) is 78.9 Å². The highest BCUT2D eigenvalue weighted by atomic mass is 16.3. The number of allylic oxidation sites excluding steroid dienone is 1. The van der Waals surface area contributed by atoms with E-state index in [4.69, 9.17) is 0 Å². The lowest BCUT2D eigenvalue weighted by Gasteiger charge is -2.29. The lowest BCUT2D eigenvalue weighted by molar-refractivity contribution is 0.475. The Kier molecular flexibility index (Phi) is 6.20. The second-order valence-electron chi connectivity index (χ2n) is 8.14. The van der Waals surface area contributed by atoms with Gasteiger partial charge in [0.1, 0.15) is 5.75 Å². The van der Waals surface area contributed by atoms with Crippen LogP contribution in [0.2, 0.25) is 0 Å². The maximum absolute atomic E-state index is 10.2. The second-order valence-corrected chi connectivity index (χ2v) is 8.14. The van der Waals surface area contributed by atoms with Crippen molar-refractivity contribution in [3.63, 3.8) is 0 Å². The number of nitrogens with one attached hydrogen (secondary N) is 1. The minimum atomic E-state index is 0.290. The predicted molar refractivity (Wildman–Crippen MR) is 127 cm³/mol. The summed E-state index contributed by atoms with van der Waals surface area (Å²) in [4.78, 5) is 2.43. The van der Waals surface area contributed by atoms with Crippen molar-refractivity contribution in [3.8, 4) is 5.75 Å². The van der Waals surface area contributed by atoms with Crippen molar-refractivity contribution in [2.75, 3.05) is 31.1 Å². The van der Waals surface area contributed by atoms with E-state index in [0.717, 1.165) is 31.7 Å². The van der Waals surface area contributed by atoms with E-state index in [0.29, 0.717) is 11.7 Å². The number of phenols is 1. The topological polar surface area (TPSA) is 35.5 Å². The summed E-state index contributed by atoms with van der Waals surface area (Å²) in [6.45, 7) is 8.61. The fourth-order valence-electron chi connectivity index (χ4n) is 4.29. The summed E-state index contributed by atoms with van der Waals surface area (Å²) < 4.78 is 0. The van der Waals surface area contributed by atoms with Gasteiger partial charge >= 0.3 is 0 Å². The normalized spacial score (nSPS) is 15.2. The van der Waals surface area contributed by atoms with Crippen LogP contribution in [-0.2, 0) is 0 Å². The molecular weight excluding hydrogens is 368 g/mol. The van der Waals surface area contributed by atoms with Crippen LogP contribution in [-0.4, -0.2) is 31.3 Å². The Balaban J connectivity index is 1.85. The molecule has 1 heterocycles. The van der Waals surface area contributed by atoms with E-state index < -0.39 is 0 Å². The Bertz CT molecular complexity index is 1000. The highest BCUT2D eigenvalue weighted by Gasteiger charge is 2.18. The molecule has 1 aliphatic rings. The SMILES string of the molecule is CC(C)/C(=C(/c1ccc(N2CCNCC2)cc1)c1cccc(O)c1)c1ccccc1. The molecule has 0 spiro atoms. The first-order chi connectivity index (χ1) is 14.6. The molecule has 3 heteroatoms. The Morgan fingerprint density at radius 3 is 2.10 bits per heavy atom. The Labute approximate surface area is 179 Å². The van der Waals surface area contributed by atoms with Gasteiger partial charge in [-0.15, -0.1) is 0 Å². The third kappa shape index (κ3) is 4.42. The summed E-state index contributed by atoms with van der Waals surface area (Å²) in [5, 5.41) is 13.6. The first-order valence-corrected chi connectivity index (χ1v) is 10.8. The molecule has 4 rings (SSSR count). The molecule has 0 radical (unpaired) electrons. The summed E-state index contributed by atoms with van der Waals surface area (Å²) in [6.07, 6.45) is 0. The highest BCUT2D eigenvalue weighted by Crippen LogP contribution is 2.38. The maximum Gasteiger partial charge on any atom is 0.116 e. The zero-order valence-corrected chi connectivity index (χ0v) is 17.8. The van der Waals surface area contributed by atoms with E-state index in [1.165, 1.54) is 28.0 Å². The summed E-state index contributed by atoms with van der Waals surface area (Å²) in [7, 11) is 0. The molecular formula is C27H30N2O. The van der Waals surface area contributed by atoms with Crippen LogP contribution >= 0.6 is 0 Å². The van der Waals surface area contributed by atoms with Gasteiger partial charge in [0.25, 0.3) is 0 Å². The zero-order chi connectivity index (χ0) is 20.9. The monoisotopic (exact) mass is 398 g/mol. The highest BCUT2D eigenvalue weighted by molar-refractivity contribution is 5.99. The van der Waals surface area contributed by atoms with Crippen molar-refractivity contribution in [1.29, 1.82) is 0 Å². The summed E-state index contributed by atoms with van der Waals surface area (Å²) in [5.41, 5.74) is 7.16. The standard InChI is InChI=1S/C27H30N2O/c1-20(2)26(21-7-4-3-5-8-21)27(23-9-6-10-25(30)19-23)22-11-13-24(14-12-22)29-17-15-28-16-18-29/h3-14,19-20,28,30H,15-18H2,1-2H3/b27-26+. The van der Waals surface area contributed by atoms with Gasteiger partial charge in [-0.25, -0.2) is 0 Å². The van der Waals surface area contributed by atoms with Gasteiger partial charge in [-0.05, 0) is 58.0 Å². The van der Waals surface area contributed by atoms with E-state index >= 15 is 0 Å². The largest absolute Gasteiger partial charge is 0.508 e. The molecule has 0 bridgehead atoms. The van der Waals surface area contributed by atoms with Crippen LogP contribution in [0.5, 0.6) is 5.75 Å². The lowest BCUT2D eigenvalue weighted by Crippen LogP contribution is -2.43. The average Bonchev–Trinajstić information content (AvgIpc) is 2.78. The van der Waals surface area contributed by atoms with Crippen LogP contribution in [0.25, 0.3) is 11.1 Å². The number of rotatable bonds is 5. The van der Waals surface area contributed by atoms with Gasteiger partial charge in [-0.2, -0.15) is 0 Å². The quantitative estimate of drug-likeness (QED) is 0.564. The number of anilines is 1. The Hall–Kier alpha value is -3.04. The molecule has 0 unspecified atom stereocenters. The van der Waals surface area contributed by atoms with Crippen molar-refractivity contribution >= 4 is 16.8 Å². The molecule has 1 aliphatic heterocycles. The third-order valence-electron chi connectivity index (χ3n) is 5.70. The molecule has 0 atom stereocenters. The first-order valence-electron chi connectivity index (χ1n) is 10.8. The smallest absolute Gasteiger partial charge is 0.116 e. The number of aromatic hydroxyl groups is 1. The molecule has 0 saturated carbocycles. The van der Waals surface area contributed by atoms with Gasteiger partial charge in [0.05, 0.1) is 0 Å². The maximum atomic E-state index is 10.2. The van der Waals surface area contributed by atoms with Gasteiger partial charge in [0.15, 0.2) is 0 Å². The van der Waals surface area contributed by atoms with Crippen molar-refractivity contribution in [1.82, 2.24) is 5.32 Å². The van der Waals surface area contributed by atoms with Crippen molar-refractivity contribution < 1.29 is 5.11 Å². The van der Waals surface area contributed by atoms with E-state index in [1.807, 2.05) is 12.1 Å². The van der Waals surface area contributed by atoms with Gasteiger partial charge in [0.2, 0.25) is 0 Å². The number of nitrogens with zero attached hydrogens (tertiary/aromatic N) is 1. The third-order valence-corrected chi connectivity index (χ3v) is 5.70. The van der Waals surface area contributed by atoms with Crippen LogP contribution in [0.1, 0.15) is 30.5 Å². The Morgan fingerprint density at radius 1 is 0.800 bits per heavy atom. The summed E-state index contributed by atoms with van der Waals surface area (Å²) in [5.74, 6) is 0.621. The van der Waals surface area contributed by atoms with E-state index in [2.05, 4.69) is 84.7 Å². The molecule has 1 saturated heterocycles. The van der Waals surface area contributed by atoms with E-state index in [9.17, 15) is 5.11 Å². The minimum Gasteiger partial charge on any atom is -0.508 e. The number of phenolic OH excluding ortho intramolecular Hbond substituents is 1. The number of hydrogen-bond donors (Lipinski definition) is 2. The molecule has 0 aromatic heterocycles. The summed E-state index contributed by atoms with van der Waals surface area (Å²) in [6, 6.07) is 27.1. The van der Waals surface area contributed by atoms with Crippen LogP contribution < -0.4 is 10.2 Å². The van der Waals surface area contributed by atoms with Crippen molar-refractivity contribution in [2.24, 2.45) is 5.92 Å². The van der Waals surface area contributed by atoms with Crippen LogP contribution in [0, 0.1) is 5.92 Å². The first kappa shape index (κ1) is 20.2. The number of piperazine rings is 1. The fraction of sp³-hybridized carbons (Fsp3) is 0.259. The zero-order valence-electron chi connectivity index (χ0n) is 17.8. The Morgan fingerprint density at radius 2 is 1.47 bits per heavy atom. The van der Waals surface area contributed by atoms with Gasteiger partial charge in [-0.3, -0.25) is 0 Å². The fourth-order valence-corrected chi connectivity index (χ4v) is 4.29. The summed E-state index contributed by atoms with van der Waals surface area (Å²) >= 11 is 0. The number of benzene rings is 3. The molecule has 154 valence electrons. The molecule has 30 heavy (non-hydrogen) atoms. The molecule has 1 fully saturated rings. The molecule has 3 aromatic carbocycles. The predicted octanol–water partition coefficient (Wildman–Crippen LogP) is 5.42.